The quantitative estimate of drug-likeness (QED) is 0.836. The lowest BCUT2D eigenvalue weighted by Gasteiger charge is -2.23. The standard InChI is InChI=1S/C19H29FN2O/c1-14(2)8-10-21-19(23)15(3)22-11-9-17(13-22)12-16-4-6-18(20)7-5-16/h4-7,14-15,17H,8-13H2,1-3H3,(H,21,23). The second-order valence-electron chi connectivity index (χ2n) is 7.13. The molecule has 1 N–H and O–H groups in total. The highest BCUT2D eigenvalue weighted by atomic mass is 19.1. The van der Waals surface area contributed by atoms with Gasteiger partial charge in [-0.2, -0.15) is 0 Å². The van der Waals surface area contributed by atoms with Crippen LogP contribution in [0.4, 0.5) is 4.39 Å². The molecule has 1 saturated heterocycles. The summed E-state index contributed by atoms with van der Waals surface area (Å²) in [5.74, 6) is 1.10. The fourth-order valence-electron chi connectivity index (χ4n) is 3.13. The van der Waals surface area contributed by atoms with Crippen molar-refractivity contribution in [2.45, 2.75) is 46.1 Å². The topological polar surface area (TPSA) is 32.3 Å². The van der Waals surface area contributed by atoms with E-state index >= 15 is 0 Å². The van der Waals surface area contributed by atoms with E-state index in [0.717, 1.165) is 38.9 Å². The first-order valence-corrected chi connectivity index (χ1v) is 8.72. The van der Waals surface area contributed by atoms with Gasteiger partial charge in [-0.3, -0.25) is 9.69 Å². The molecule has 2 unspecified atom stereocenters. The van der Waals surface area contributed by atoms with Crippen LogP contribution in [0.5, 0.6) is 0 Å². The number of hydrogen-bond acceptors (Lipinski definition) is 2. The van der Waals surface area contributed by atoms with Gasteiger partial charge in [0.15, 0.2) is 0 Å². The molecule has 0 saturated carbocycles. The number of nitrogens with zero attached hydrogens (tertiary/aromatic N) is 1. The lowest BCUT2D eigenvalue weighted by Crippen LogP contribution is -2.44. The Morgan fingerprint density at radius 2 is 2.00 bits per heavy atom. The summed E-state index contributed by atoms with van der Waals surface area (Å²) in [6.45, 7) is 8.98. The van der Waals surface area contributed by atoms with Gasteiger partial charge in [-0.25, -0.2) is 4.39 Å². The molecule has 1 aromatic rings. The third kappa shape index (κ3) is 5.61. The van der Waals surface area contributed by atoms with Crippen molar-refractivity contribution in [2.24, 2.45) is 11.8 Å². The van der Waals surface area contributed by atoms with E-state index in [0.29, 0.717) is 11.8 Å². The molecule has 0 aromatic heterocycles. The Balaban J connectivity index is 1.77. The van der Waals surface area contributed by atoms with E-state index in [2.05, 4.69) is 24.1 Å². The highest BCUT2D eigenvalue weighted by Gasteiger charge is 2.29. The van der Waals surface area contributed by atoms with Crippen LogP contribution in [0.2, 0.25) is 0 Å². The molecule has 23 heavy (non-hydrogen) atoms. The third-order valence-electron chi connectivity index (χ3n) is 4.70. The monoisotopic (exact) mass is 320 g/mol. The minimum Gasteiger partial charge on any atom is -0.355 e. The highest BCUT2D eigenvalue weighted by molar-refractivity contribution is 5.81. The Bertz CT molecular complexity index is 501. The first-order valence-electron chi connectivity index (χ1n) is 8.72. The molecule has 0 spiro atoms. The fourth-order valence-corrected chi connectivity index (χ4v) is 3.13. The second-order valence-corrected chi connectivity index (χ2v) is 7.13. The number of benzene rings is 1. The van der Waals surface area contributed by atoms with Crippen molar-refractivity contribution >= 4 is 5.91 Å². The zero-order chi connectivity index (χ0) is 16.8. The molecule has 1 aliphatic rings. The Morgan fingerprint density at radius 3 is 2.65 bits per heavy atom. The number of nitrogens with one attached hydrogen (secondary N) is 1. The van der Waals surface area contributed by atoms with Crippen molar-refractivity contribution in [3.63, 3.8) is 0 Å². The summed E-state index contributed by atoms with van der Waals surface area (Å²) >= 11 is 0. The van der Waals surface area contributed by atoms with Crippen LogP contribution >= 0.6 is 0 Å². The van der Waals surface area contributed by atoms with Crippen molar-refractivity contribution in [1.82, 2.24) is 10.2 Å². The van der Waals surface area contributed by atoms with Crippen LogP contribution in [-0.4, -0.2) is 36.5 Å². The summed E-state index contributed by atoms with van der Waals surface area (Å²) < 4.78 is 13.0. The van der Waals surface area contributed by atoms with E-state index in [1.165, 1.54) is 17.7 Å². The maximum atomic E-state index is 13.0. The van der Waals surface area contributed by atoms with Crippen molar-refractivity contribution < 1.29 is 9.18 Å². The number of rotatable bonds is 7. The van der Waals surface area contributed by atoms with Crippen molar-refractivity contribution in [1.29, 1.82) is 0 Å². The third-order valence-corrected chi connectivity index (χ3v) is 4.70. The van der Waals surface area contributed by atoms with Crippen molar-refractivity contribution in [3.05, 3.63) is 35.6 Å². The van der Waals surface area contributed by atoms with Crippen LogP contribution in [-0.2, 0) is 11.2 Å². The van der Waals surface area contributed by atoms with Gasteiger partial charge in [0.05, 0.1) is 6.04 Å². The van der Waals surface area contributed by atoms with Gasteiger partial charge >= 0.3 is 0 Å². The van der Waals surface area contributed by atoms with Gasteiger partial charge in [0.2, 0.25) is 5.91 Å². The largest absolute Gasteiger partial charge is 0.355 e. The summed E-state index contributed by atoms with van der Waals surface area (Å²) in [4.78, 5) is 14.5. The van der Waals surface area contributed by atoms with E-state index in [1.807, 2.05) is 19.1 Å². The SMILES string of the molecule is CC(C)CCNC(=O)C(C)N1CCC(Cc2ccc(F)cc2)C1. The Kier molecular flexibility index (Phi) is 6.58. The van der Waals surface area contributed by atoms with Crippen LogP contribution in [0.3, 0.4) is 0 Å². The molecule has 1 fully saturated rings. The molecule has 2 rings (SSSR count). The van der Waals surface area contributed by atoms with Crippen molar-refractivity contribution in [2.75, 3.05) is 19.6 Å². The molecule has 1 aliphatic heterocycles. The summed E-state index contributed by atoms with van der Waals surface area (Å²) in [6, 6.07) is 6.69. The smallest absolute Gasteiger partial charge is 0.237 e. The van der Waals surface area contributed by atoms with Crippen LogP contribution in [0, 0.1) is 17.7 Å². The lowest BCUT2D eigenvalue weighted by atomic mass is 9.99. The number of likely N-dealkylation sites (tertiary alicyclic amines) is 1. The summed E-state index contributed by atoms with van der Waals surface area (Å²) in [5, 5.41) is 3.04. The molecule has 2 atom stereocenters. The number of halogens is 1. The van der Waals surface area contributed by atoms with Gasteiger partial charge in [0.25, 0.3) is 0 Å². The lowest BCUT2D eigenvalue weighted by molar-refractivity contribution is -0.125. The van der Waals surface area contributed by atoms with Gasteiger partial charge in [0, 0.05) is 13.1 Å². The summed E-state index contributed by atoms with van der Waals surface area (Å²) in [5.41, 5.74) is 1.17. The Morgan fingerprint density at radius 1 is 1.30 bits per heavy atom. The van der Waals surface area contributed by atoms with Crippen LogP contribution in [0.15, 0.2) is 24.3 Å². The molecule has 4 heteroatoms. The summed E-state index contributed by atoms with van der Waals surface area (Å²) in [7, 11) is 0. The highest BCUT2D eigenvalue weighted by Crippen LogP contribution is 2.22. The predicted molar refractivity (Wildman–Crippen MR) is 91.7 cm³/mol. The zero-order valence-electron chi connectivity index (χ0n) is 14.5. The zero-order valence-corrected chi connectivity index (χ0v) is 14.5. The number of amides is 1. The molecule has 0 aliphatic carbocycles. The summed E-state index contributed by atoms with van der Waals surface area (Å²) in [6.07, 6.45) is 3.07. The van der Waals surface area contributed by atoms with Gasteiger partial charge in [-0.15, -0.1) is 0 Å². The normalized spacial score (nSPS) is 20.0. The minimum absolute atomic E-state index is 0.0691. The first-order chi connectivity index (χ1) is 11.0. The molecular formula is C19H29FN2O. The predicted octanol–water partition coefficient (Wildman–Crippen LogP) is 3.24. The average molecular weight is 320 g/mol. The van der Waals surface area contributed by atoms with Gasteiger partial charge < -0.3 is 5.32 Å². The molecular weight excluding hydrogens is 291 g/mol. The van der Waals surface area contributed by atoms with Gasteiger partial charge in [0.1, 0.15) is 5.82 Å². The number of hydrogen-bond donors (Lipinski definition) is 1. The van der Waals surface area contributed by atoms with E-state index in [9.17, 15) is 9.18 Å². The Labute approximate surface area is 139 Å². The number of carbonyl (C=O) groups is 1. The van der Waals surface area contributed by atoms with E-state index in [4.69, 9.17) is 0 Å². The van der Waals surface area contributed by atoms with Crippen LogP contribution in [0.1, 0.15) is 39.2 Å². The molecule has 0 bridgehead atoms. The van der Waals surface area contributed by atoms with Crippen molar-refractivity contribution in [3.8, 4) is 0 Å². The van der Waals surface area contributed by atoms with Crippen LogP contribution in [0.25, 0.3) is 0 Å². The van der Waals surface area contributed by atoms with E-state index in [1.54, 1.807) is 0 Å². The first kappa shape index (κ1) is 17.9. The Hall–Kier alpha value is -1.42. The molecule has 1 heterocycles. The molecule has 128 valence electrons. The van der Waals surface area contributed by atoms with Gasteiger partial charge in [-0.05, 0) is 62.3 Å². The van der Waals surface area contributed by atoms with E-state index < -0.39 is 0 Å². The minimum atomic E-state index is -0.187. The molecule has 1 aromatic carbocycles. The fraction of sp³-hybridized carbons (Fsp3) is 0.632. The molecule has 0 radical (unpaired) electrons. The van der Waals surface area contributed by atoms with Crippen LogP contribution < -0.4 is 5.32 Å². The maximum Gasteiger partial charge on any atom is 0.237 e. The maximum absolute atomic E-state index is 13.0. The second kappa shape index (κ2) is 8.44. The average Bonchev–Trinajstić information content (AvgIpc) is 2.97. The van der Waals surface area contributed by atoms with Gasteiger partial charge in [-0.1, -0.05) is 26.0 Å². The molecule has 3 nitrogen and oxygen atoms in total. The molecule has 1 amide bonds. The van der Waals surface area contributed by atoms with E-state index in [-0.39, 0.29) is 17.8 Å². The number of carbonyl (C=O) groups excluding carboxylic acids is 1.